The van der Waals surface area contributed by atoms with Crippen molar-refractivity contribution < 1.29 is 9.90 Å². The Morgan fingerprint density at radius 1 is 1.11 bits per heavy atom. The molecule has 0 saturated carbocycles. The molecule has 3 rings (SSSR count). The van der Waals surface area contributed by atoms with Crippen molar-refractivity contribution in [1.82, 2.24) is 9.97 Å². The van der Waals surface area contributed by atoms with E-state index in [1.54, 1.807) is 30.6 Å². The van der Waals surface area contributed by atoms with E-state index in [4.69, 9.17) is 5.11 Å². The second-order valence-electron chi connectivity index (χ2n) is 4.03. The molecule has 2 heterocycles. The molecular weight excluding hydrogens is 228 g/mol. The third-order valence-electron chi connectivity index (χ3n) is 2.86. The lowest BCUT2D eigenvalue weighted by atomic mass is 10.1. The summed E-state index contributed by atoms with van der Waals surface area (Å²) in [6.07, 6.45) is 3.45. The van der Waals surface area contributed by atoms with Crippen LogP contribution in [0.25, 0.3) is 22.2 Å². The number of nitrogens with zero attached hydrogens (tertiary/aromatic N) is 1. The molecule has 0 radical (unpaired) electrons. The van der Waals surface area contributed by atoms with Crippen molar-refractivity contribution in [3.05, 3.63) is 54.4 Å². The van der Waals surface area contributed by atoms with Crippen molar-refractivity contribution in [2.24, 2.45) is 0 Å². The summed E-state index contributed by atoms with van der Waals surface area (Å²) >= 11 is 0. The molecular formula is C14H10N2O2. The second-order valence-corrected chi connectivity index (χ2v) is 4.03. The lowest BCUT2D eigenvalue weighted by Crippen LogP contribution is -1.94. The van der Waals surface area contributed by atoms with Gasteiger partial charge in [-0.2, -0.15) is 0 Å². The molecule has 0 fully saturated rings. The first-order valence-corrected chi connectivity index (χ1v) is 5.50. The number of hydrogen-bond acceptors (Lipinski definition) is 2. The average Bonchev–Trinajstić information content (AvgIpc) is 2.82. The molecule has 0 amide bonds. The smallest absolute Gasteiger partial charge is 0.335 e. The third kappa shape index (κ3) is 1.73. The molecule has 3 aromatic rings. The van der Waals surface area contributed by atoms with E-state index in [9.17, 15) is 4.79 Å². The number of carboxylic acid groups (broad SMARTS) is 1. The van der Waals surface area contributed by atoms with Crippen molar-refractivity contribution in [1.29, 1.82) is 0 Å². The van der Waals surface area contributed by atoms with Gasteiger partial charge in [0.15, 0.2) is 0 Å². The second kappa shape index (κ2) is 4.00. The zero-order valence-corrected chi connectivity index (χ0v) is 9.42. The fraction of sp³-hybridized carbons (Fsp3) is 0. The highest BCUT2D eigenvalue weighted by Crippen LogP contribution is 2.24. The molecule has 0 aliphatic heterocycles. The van der Waals surface area contributed by atoms with Crippen LogP contribution < -0.4 is 0 Å². The van der Waals surface area contributed by atoms with Gasteiger partial charge in [-0.3, -0.25) is 4.98 Å². The Labute approximate surface area is 103 Å². The van der Waals surface area contributed by atoms with Crippen LogP contribution >= 0.6 is 0 Å². The van der Waals surface area contributed by atoms with E-state index in [0.29, 0.717) is 0 Å². The zero-order chi connectivity index (χ0) is 12.5. The minimum atomic E-state index is -0.919. The Morgan fingerprint density at radius 2 is 1.89 bits per heavy atom. The quantitative estimate of drug-likeness (QED) is 0.721. The number of aromatic nitrogens is 2. The van der Waals surface area contributed by atoms with E-state index >= 15 is 0 Å². The van der Waals surface area contributed by atoms with Gasteiger partial charge in [0.2, 0.25) is 0 Å². The highest BCUT2D eigenvalue weighted by atomic mass is 16.4. The number of carbonyl (C=O) groups is 1. The van der Waals surface area contributed by atoms with Crippen LogP contribution in [-0.2, 0) is 0 Å². The van der Waals surface area contributed by atoms with Gasteiger partial charge < -0.3 is 10.1 Å². The maximum Gasteiger partial charge on any atom is 0.335 e. The van der Waals surface area contributed by atoms with Gasteiger partial charge in [0.1, 0.15) is 0 Å². The van der Waals surface area contributed by atoms with Gasteiger partial charge in [-0.1, -0.05) is 6.07 Å². The van der Waals surface area contributed by atoms with Crippen LogP contribution in [0.4, 0.5) is 0 Å². The first-order valence-electron chi connectivity index (χ1n) is 5.50. The molecule has 88 valence electrons. The average molecular weight is 238 g/mol. The van der Waals surface area contributed by atoms with E-state index in [-0.39, 0.29) is 5.56 Å². The van der Waals surface area contributed by atoms with Crippen molar-refractivity contribution in [3.63, 3.8) is 0 Å². The Bertz CT molecular complexity index is 717. The fourth-order valence-corrected chi connectivity index (χ4v) is 1.95. The Morgan fingerprint density at radius 3 is 2.61 bits per heavy atom. The highest BCUT2D eigenvalue weighted by Gasteiger charge is 2.07. The summed E-state index contributed by atoms with van der Waals surface area (Å²) < 4.78 is 0. The van der Waals surface area contributed by atoms with Gasteiger partial charge in [-0.25, -0.2) is 4.79 Å². The topological polar surface area (TPSA) is 66.0 Å². The van der Waals surface area contributed by atoms with Crippen LogP contribution in [0.2, 0.25) is 0 Å². The molecule has 0 aliphatic rings. The van der Waals surface area contributed by atoms with Crippen LogP contribution in [-0.4, -0.2) is 21.0 Å². The number of H-pyrrole nitrogens is 1. The predicted molar refractivity (Wildman–Crippen MR) is 68.5 cm³/mol. The minimum Gasteiger partial charge on any atom is -0.478 e. The number of benzene rings is 1. The molecule has 4 heteroatoms. The summed E-state index contributed by atoms with van der Waals surface area (Å²) in [6.45, 7) is 0. The Hall–Kier alpha value is -2.62. The minimum absolute atomic E-state index is 0.283. The van der Waals surface area contributed by atoms with E-state index in [1.165, 1.54) is 0 Å². The molecule has 2 aromatic heterocycles. The maximum absolute atomic E-state index is 10.9. The summed E-state index contributed by atoms with van der Waals surface area (Å²) in [5, 5.41) is 9.94. The number of pyridine rings is 1. The fourth-order valence-electron chi connectivity index (χ4n) is 1.95. The number of carboxylic acids is 1. The predicted octanol–water partition coefficient (Wildman–Crippen LogP) is 2.93. The molecule has 0 spiro atoms. The van der Waals surface area contributed by atoms with Gasteiger partial charge in [0, 0.05) is 34.6 Å². The number of fused-ring (bicyclic) bond motifs is 1. The number of aromatic carboxylic acids is 1. The van der Waals surface area contributed by atoms with Gasteiger partial charge in [0.25, 0.3) is 0 Å². The van der Waals surface area contributed by atoms with Crippen molar-refractivity contribution >= 4 is 16.9 Å². The Kier molecular flexibility index (Phi) is 2.34. The normalized spacial score (nSPS) is 10.7. The van der Waals surface area contributed by atoms with Gasteiger partial charge in [-0.05, 0) is 30.3 Å². The van der Waals surface area contributed by atoms with E-state index in [2.05, 4.69) is 9.97 Å². The van der Waals surface area contributed by atoms with E-state index in [1.807, 2.05) is 18.2 Å². The van der Waals surface area contributed by atoms with Gasteiger partial charge >= 0.3 is 5.97 Å². The number of rotatable bonds is 2. The first kappa shape index (κ1) is 10.5. The van der Waals surface area contributed by atoms with Crippen molar-refractivity contribution in [2.45, 2.75) is 0 Å². The van der Waals surface area contributed by atoms with Crippen LogP contribution in [0.5, 0.6) is 0 Å². The standard InChI is InChI=1S/C14H10N2O2/c17-14(18)11-2-1-10-7-12(16-13(10)8-11)9-3-5-15-6-4-9/h1-8,16H,(H,17,18). The monoisotopic (exact) mass is 238 g/mol. The number of hydrogen-bond donors (Lipinski definition) is 2. The van der Waals surface area contributed by atoms with Crippen molar-refractivity contribution in [2.75, 3.05) is 0 Å². The SMILES string of the molecule is O=C(O)c1ccc2cc(-c3ccncc3)[nH]c2c1. The molecule has 0 aliphatic carbocycles. The summed E-state index contributed by atoms with van der Waals surface area (Å²) in [7, 11) is 0. The Balaban J connectivity index is 2.14. The maximum atomic E-state index is 10.9. The van der Waals surface area contributed by atoms with Gasteiger partial charge in [0.05, 0.1) is 5.56 Å². The lowest BCUT2D eigenvalue weighted by molar-refractivity contribution is 0.0697. The molecule has 0 unspecified atom stereocenters. The molecule has 0 bridgehead atoms. The molecule has 1 aromatic carbocycles. The zero-order valence-electron chi connectivity index (χ0n) is 9.42. The van der Waals surface area contributed by atoms with Crippen LogP contribution in [0.3, 0.4) is 0 Å². The van der Waals surface area contributed by atoms with Crippen LogP contribution in [0.1, 0.15) is 10.4 Å². The molecule has 0 saturated heterocycles. The lowest BCUT2D eigenvalue weighted by Gasteiger charge is -1.95. The van der Waals surface area contributed by atoms with Gasteiger partial charge in [-0.15, -0.1) is 0 Å². The summed E-state index contributed by atoms with van der Waals surface area (Å²) in [5.74, 6) is -0.919. The molecule has 4 nitrogen and oxygen atoms in total. The summed E-state index contributed by atoms with van der Waals surface area (Å²) in [6, 6.07) is 10.9. The molecule has 0 atom stereocenters. The first-order chi connectivity index (χ1) is 8.74. The largest absolute Gasteiger partial charge is 0.478 e. The highest BCUT2D eigenvalue weighted by molar-refractivity contribution is 5.94. The van der Waals surface area contributed by atoms with E-state index < -0.39 is 5.97 Å². The van der Waals surface area contributed by atoms with Crippen LogP contribution in [0.15, 0.2) is 48.8 Å². The van der Waals surface area contributed by atoms with Crippen molar-refractivity contribution in [3.8, 4) is 11.3 Å². The summed E-state index contributed by atoms with van der Waals surface area (Å²) in [5.41, 5.74) is 3.08. The molecule has 18 heavy (non-hydrogen) atoms. The summed E-state index contributed by atoms with van der Waals surface area (Å²) in [4.78, 5) is 18.1. The number of nitrogens with one attached hydrogen (secondary N) is 1. The third-order valence-corrected chi connectivity index (χ3v) is 2.86. The van der Waals surface area contributed by atoms with Crippen LogP contribution in [0, 0.1) is 0 Å². The molecule has 2 N–H and O–H groups in total. The number of aromatic amines is 1. The van der Waals surface area contributed by atoms with E-state index in [0.717, 1.165) is 22.2 Å².